The number of amides is 3. The van der Waals surface area contributed by atoms with Crippen LogP contribution in [0.4, 0.5) is 0 Å². The number of imide groups is 1. The largest absolute Gasteiger partial charge is 0.355 e. The standard InChI is InChI=1S/C25H31N5O3.HI/c1-26-25(28-14-16-4-2-5-17(12-16)15-29-10-3-6-20(29)31)27-9-11-30-23(32)21-18-7-8-19(13-18)22(21)24(30)33;/h2,4-5,7-8,12,18-19,21-22H,3,6,9-11,13-15H2,1H3,(H2,26,27,28);1H. The summed E-state index contributed by atoms with van der Waals surface area (Å²) in [5, 5.41) is 6.50. The van der Waals surface area contributed by atoms with Gasteiger partial charge >= 0.3 is 0 Å². The van der Waals surface area contributed by atoms with Gasteiger partial charge in [0.05, 0.1) is 11.8 Å². The molecule has 5 rings (SSSR count). The Hall–Kier alpha value is -2.43. The number of hydrogen-bond donors (Lipinski definition) is 2. The molecule has 182 valence electrons. The lowest BCUT2D eigenvalue weighted by atomic mass is 9.85. The number of hydrogen-bond acceptors (Lipinski definition) is 4. The van der Waals surface area contributed by atoms with Gasteiger partial charge in [-0.1, -0.05) is 36.4 Å². The number of halogens is 1. The van der Waals surface area contributed by atoms with Crippen LogP contribution < -0.4 is 10.6 Å². The van der Waals surface area contributed by atoms with Gasteiger partial charge < -0.3 is 15.5 Å². The molecule has 8 nitrogen and oxygen atoms in total. The van der Waals surface area contributed by atoms with Crippen LogP contribution in [0.2, 0.25) is 0 Å². The van der Waals surface area contributed by atoms with Crippen LogP contribution in [0.15, 0.2) is 41.4 Å². The summed E-state index contributed by atoms with van der Waals surface area (Å²) in [7, 11) is 1.70. The van der Waals surface area contributed by atoms with Crippen molar-refractivity contribution >= 4 is 47.7 Å². The summed E-state index contributed by atoms with van der Waals surface area (Å²) in [6.07, 6.45) is 6.77. The van der Waals surface area contributed by atoms with Crippen molar-refractivity contribution in [2.45, 2.75) is 32.4 Å². The van der Waals surface area contributed by atoms with E-state index in [9.17, 15) is 14.4 Å². The van der Waals surface area contributed by atoms with Crippen molar-refractivity contribution in [2.24, 2.45) is 28.7 Å². The Kier molecular flexibility index (Phi) is 7.59. The van der Waals surface area contributed by atoms with E-state index in [1.807, 2.05) is 23.1 Å². The Morgan fingerprint density at radius 3 is 2.41 bits per heavy atom. The fourth-order valence-corrected chi connectivity index (χ4v) is 5.81. The van der Waals surface area contributed by atoms with E-state index in [0.29, 0.717) is 38.6 Å². The number of fused-ring (bicyclic) bond motifs is 5. The third-order valence-electron chi connectivity index (χ3n) is 7.41. The molecule has 9 heteroatoms. The Morgan fingerprint density at radius 2 is 1.76 bits per heavy atom. The van der Waals surface area contributed by atoms with Gasteiger partial charge in [-0.05, 0) is 35.8 Å². The van der Waals surface area contributed by atoms with E-state index in [2.05, 4.69) is 33.8 Å². The second-order valence-corrected chi connectivity index (χ2v) is 9.42. The first-order chi connectivity index (χ1) is 16.0. The van der Waals surface area contributed by atoms with Crippen molar-refractivity contribution in [2.75, 3.05) is 26.7 Å². The van der Waals surface area contributed by atoms with Crippen LogP contribution >= 0.6 is 24.0 Å². The number of aliphatic imine (C=N–C) groups is 1. The lowest BCUT2D eigenvalue weighted by molar-refractivity contribution is -0.140. The molecule has 2 bridgehead atoms. The number of nitrogens with one attached hydrogen (secondary N) is 2. The molecule has 0 spiro atoms. The van der Waals surface area contributed by atoms with Gasteiger partial charge in [-0.25, -0.2) is 0 Å². The lowest BCUT2D eigenvalue weighted by Crippen LogP contribution is -2.43. The zero-order valence-electron chi connectivity index (χ0n) is 19.4. The molecule has 0 radical (unpaired) electrons. The van der Waals surface area contributed by atoms with E-state index in [0.717, 1.165) is 30.5 Å². The SMILES string of the molecule is CN=C(NCCN1C(=O)C2C3C=CC(C3)C2C1=O)NCc1cccc(CN2CCCC2=O)c1.I. The molecule has 2 saturated heterocycles. The van der Waals surface area contributed by atoms with Gasteiger partial charge in [0.15, 0.2) is 5.96 Å². The molecule has 1 aromatic carbocycles. The van der Waals surface area contributed by atoms with Gasteiger partial charge in [0, 0.05) is 46.2 Å². The fourth-order valence-electron chi connectivity index (χ4n) is 5.81. The van der Waals surface area contributed by atoms with Gasteiger partial charge in [0.1, 0.15) is 0 Å². The number of rotatable bonds is 7. The summed E-state index contributed by atoms with van der Waals surface area (Å²) in [6, 6.07) is 8.20. The summed E-state index contributed by atoms with van der Waals surface area (Å²) < 4.78 is 0. The molecule has 2 N–H and O–H groups in total. The number of likely N-dealkylation sites (tertiary alicyclic amines) is 2. The van der Waals surface area contributed by atoms with Crippen molar-refractivity contribution in [3.05, 3.63) is 47.5 Å². The van der Waals surface area contributed by atoms with Gasteiger partial charge in [-0.3, -0.25) is 24.3 Å². The van der Waals surface area contributed by atoms with Gasteiger partial charge in [-0.2, -0.15) is 0 Å². The predicted octanol–water partition coefficient (Wildman–Crippen LogP) is 1.90. The molecule has 1 aromatic rings. The number of carbonyl (C=O) groups is 3. The third kappa shape index (κ3) is 4.71. The van der Waals surface area contributed by atoms with Crippen molar-refractivity contribution in [1.29, 1.82) is 0 Å². The van der Waals surface area contributed by atoms with E-state index in [1.165, 1.54) is 4.90 Å². The molecule has 1 saturated carbocycles. The zero-order chi connectivity index (χ0) is 22.9. The third-order valence-corrected chi connectivity index (χ3v) is 7.41. The summed E-state index contributed by atoms with van der Waals surface area (Å²) in [5.74, 6) is 1.01. The van der Waals surface area contributed by atoms with Gasteiger partial charge in [-0.15, -0.1) is 24.0 Å². The maximum atomic E-state index is 12.8. The molecule has 34 heavy (non-hydrogen) atoms. The van der Waals surface area contributed by atoms with Gasteiger partial charge in [0.2, 0.25) is 17.7 Å². The molecule has 4 aliphatic rings. The average molecular weight is 577 g/mol. The van der Waals surface area contributed by atoms with Crippen LogP contribution in [0.25, 0.3) is 0 Å². The zero-order valence-corrected chi connectivity index (χ0v) is 21.7. The quantitative estimate of drug-likeness (QED) is 0.170. The second kappa shape index (κ2) is 10.5. The van der Waals surface area contributed by atoms with Crippen LogP contribution in [0, 0.1) is 23.7 Å². The normalized spacial score (nSPS) is 27.4. The minimum absolute atomic E-state index is 0. The van der Waals surface area contributed by atoms with Crippen LogP contribution in [0.5, 0.6) is 0 Å². The van der Waals surface area contributed by atoms with E-state index in [4.69, 9.17) is 0 Å². The highest BCUT2D eigenvalue weighted by molar-refractivity contribution is 14.0. The van der Waals surface area contributed by atoms with Crippen LogP contribution in [-0.2, 0) is 27.5 Å². The molecule has 4 unspecified atom stereocenters. The van der Waals surface area contributed by atoms with Crippen LogP contribution in [0.3, 0.4) is 0 Å². The lowest BCUT2D eigenvalue weighted by Gasteiger charge is -2.19. The highest BCUT2D eigenvalue weighted by Gasteiger charge is 2.58. The molecule has 2 heterocycles. The summed E-state index contributed by atoms with van der Waals surface area (Å²) >= 11 is 0. The molecular formula is C25H32IN5O3. The minimum atomic E-state index is -0.145. The van der Waals surface area contributed by atoms with Crippen LogP contribution in [0.1, 0.15) is 30.4 Å². The minimum Gasteiger partial charge on any atom is -0.355 e. The average Bonchev–Trinajstić information content (AvgIpc) is 3.58. The number of carbonyl (C=O) groups excluding carboxylic acids is 3. The Labute approximate surface area is 217 Å². The first kappa shape index (κ1) is 24.7. The van der Waals surface area contributed by atoms with Crippen molar-refractivity contribution in [3.63, 3.8) is 0 Å². The monoisotopic (exact) mass is 577 g/mol. The molecule has 0 aromatic heterocycles. The summed E-state index contributed by atoms with van der Waals surface area (Å²) in [5.41, 5.74) is 2.22. The summed E-state index contributed by atoms with van der Waals surface area (Å²) in [6.45, 7) is 2.87. The van der Waals surface area contributed by atoms with E-state index >= 15 is 0 Å². The molecular weight excluding hydrogens is 545 g/mol. The predicted molar refractivity (Wildman–Crippen MR) is 139 cm³/mol. The first-order valence-electron chi connectivity index (χ1n) is 11.9. The number of benzene rings is 1. The Morgan fingerprint density at radius 1 is 1.06 bits per heavy atom. The fraction of sp³-hybridized carbons (Fsp3) is 0.520. The van der Waals surface area contributed by atoms with Crippen molar-refractivity contribution in [1.82, 2.24) is 20.4 Å². The Bertz CT molecular complexity index is 996. The number of allylic oxidation sites excluding steroid dienone is 2. The van der Waals surface area contributed by atoms with E-state index < -0.39 is 0 Å². The maximum Gasteiger partial charge on any atom is 0.233 e. The molecule has 2 aliphatic carbocycles. The molecule has 3 fully saturated rings. The molecule has 4 atom stereocenters. The van der Waals surface area contributed by atoms with Crippen LogP contribution in [-0.4, -0.2) is 60.2 Å². The first-order valence-corrected chi connectivity index (χ1v) is 11.9. The Balaban J connectivity index is 0.00000274. The smallest absolute Gasteiger partial charge is 0.233 e. The van der Waals surface area contributed by atoms with Gasteiger partial charge in [0.25, 0.3) is 0 Å². The molecule has 2 aliphatic heterocycles. The highest BCUT2D eigenvalue weighted by atomic mass is 127. The molecule has 3 amide bonds. The second-order valence-electron chi connectivity index (χ2n) is 9.42. The van der Waals surface area contributed by atoms with Crippen molar-refractivity contribution in [3.8, 4) is 0 Å². The highest BCUT2D eigenvalue weighted by Crippen LogP contribution is 2.52. The summed E-state index contributed by atoms with van der Waals surface area (Å²) in [4.78, 5) is 45.1. The maximum absolute atomic E-state index is 12.8. The van der Waals surface area contributed by atoms with E-state index in [1.54, 1.807) is 7.05 Å². The number of guanidine groups is 1. The van der Waals surface area contributed by atoms with E-state index in [-0.39, 0.29) is 65.4 Å². The number of nitrogens with zero attached hydrogens (tertiary/aromatic N) is 3. The van der Waals surface area contributed by atoms with Crippen molar-refractivity contribution < 1.29 is 14.4 Å². The topological polar surface area (TPSA) is 94.1 Å².